The number of carboxylic acid groups (broad SMARTS) is 1. The Balaban J connectivity index is 1.87. The summed E-state index contributed by atoms with van der Waals surface area (Å²) in [6, 6.07) is 7.46. The molecule has 1 aliphatic heterocycles. The Morgan fingerprint density at radius 3 is 2.95 bits per heavy atom. The number of benzene rings is 1. The van der Waals surface area contributed by atoms with Gasteiger partial charge in [0.25, 0.3) is 0 Å². The van der Waals surface area contributed by atoms with E-state index in [0.29, 0.717) is 17.3 Å². The number of carboxylic acids is 1. The van der Waals surface area contributed by atoms with Crippen LogP contribution in [0.25, 0.3) is 10.9 Å². The van der Waals surface area contributed by atoms with Crippen LogP contribution in [0, 0.1) is 5.92 Å². The summed E-state index contributed by atoms with van der Waals surface area (Å²) >= 11 is 0. The molecule has 21 heavy (non-hydrogen) atoms. The number of carbonyl (C=O) groups is 1. The maximum absolute atomic E-state index is 11.1. The molecule has 0 saturated carbocycles. The summed E-state index contributed by atoms with van der Waals surface area (Å²) in [7, 11) is 2.11. The maximum atomic E-state index is 11.1. The molecule has 1 aromatic carbocycles. The number of anilines is 1. The first kappa shape index (κ1) is 13.8. The van der Waals surface area contributed by atoms with Crippen LogP contribution in [0.1, 0.15) is 17.0 Å². The minimum Gasteiger partial charge on any atom is -0.475 e. The third-order valence-corrected chi connectivity index (χ3v) is 3.84. The van der Waals surface area contributed by atoms with Crippen molar-refractivity contribution in [2.24, 2.45) is 5.92 Å². The number of aromatic nitrogens is 2. The van der Waals surface area contributed by atoms with Gasteiger partial charge in [0.1, 0.15) is 5.82 Å². The van der Waals surface area contributed by atoms with Crippen molar-refractivity contribution < 1.29 is 9.90 Å². The minimum absolute atomic E-state index is 0.167. The lowest BCUT2D eigenvalue weighted by Crippen LogP contribution is -2.20. The van der Waals surface area contributed by atoms with Crippen LogP contribution in [0.3, 0.4) is 0 Å². The van der Waals surface area contributed by atoms with Gasteiger partial charge in [-0.25, -0.2) is 14.8 Å². The highest BCUT2D eigenvalue weighted by Crippen LogP contribution is 2.22. The molecule has 1 saturated heterocycles. The Morgan fingerprint density at radius 1 is 1.43 bits per heavy atom. The lowest BCUT2D eigenvalue weighted by Gasteiger charge is -2.14. The van der Waals surface area contributed by atoms with E-state index in [-0.39, 0.29) is 5.82 Å². The standard InChI is InChI=1S/C15H18N4O2/c1-19-7-6-10(9-19)8-16-13-11-4-2-3-5-12(11)17-14(18-13)15(20)21/h2-5,10H,6-9H2,1H3,(H,20,21)(H,16,17,18). The molecule has 0 amide bonds. The summed E-state index contributed by atoms with van der Waals surface area (Å²) in [5.41, 5.74) is 0.649. The number of nitrogens with one attached hydrogen (secondary N) is 1. The molecule has 6 nitrogen and oxygen atoms in total. The van der Waals surface area contributed by atoms with Crippen LogP contribution in [-0.2, 0) is 0 Å². The Morgan fingerprint density at radius 2 is 2.24 bits per heavy atom. The summed E-state index contributed by atoms with van der Waals surface area (Å²) < 4.78 is 0. The molecule has 2 heterocycles. The maximum Gasteiger partial charge on any atom is 0.374 e. The van der Waals surface area contributed by atoms with Crippen molar-refractivity contribution in [3.63, 3.8) is 0 Å². The van der Waals surface area contributed by atoms with Gasteiger partial charge in [-0.2, -0.15) is 0 Å². The fraction of sp³-hybridized carbons (Fsp3) is 0.400. The van der Waals surface area contributed by atoms with Crippen LogP contribution in [0.5, 0.6) is 0 Å². The van der Waals surface area contributed by atoms with Gasteiger partial charge in [0.15, 0.2) is 0 Å². The van der Waals surface area contributed by atoms with Crippen LogP contribution >= 0.6 is 0 Å². The fourth-order valence-electron chi connectivity index (χ4n) is 2.74. The molecule has 1 aromatic heterocycles. The summed E-state index contributed by atoms with van der Waals surface area (Å²) in [6.07, 6.45) is 1.15. The third-order valence-electron chi connectivity index (χ3n) is 3.84. The van der Waals surface area contributed by atoms with Crippen molar-refractivity contribution in [3.8, 4) is 0 Å². The summed E-state index contributed by atoms with van der Waals surface area (Å²) in [5.74, 6) is -0.103. The molecule has 1 unspecified atom stereocenters. The summed E-state index contributed by atoms with van der Waals surface area (Å²) in [6.45, 7) is 2.96. The normalized spacial score (nSPS) is 19.0. The first-order valence-corrected chi connectivity index (χ1v) is 7.06. The van der Waals surface area contributed by atoms with Crippen molar-refractivity contribution in [3.05, 3.63) is 30.1 Å². The summed E-state index contributed by atoms with van der Waals surface area (Å²) in [4.78, 5) is 21.7. The molecule has 0 bridgehead atoms. The van der Waals surface area contributed by atoms with Crippen LogP contribution in [-0.4, -0.2) is 52.6 Å². The Kier molecular flexibility index (Phi) is 3.70. The monoisotopic (exact) mass is 286 g/mol. The average molecular weight is 286 g/mol. The molecule has 0 spiro atoms. The number of hydrogen-bond acceptors (Lipinski definition) is 5. The fourth-order valence-corrected chi connectivity index (χ4v) is 2.74. The number of aromatic carboxylic acids is 1. The number of fused-ring (bicyclic) bond motifs is 1. The molecule has 1 fully saturated rings. The minimum atomic E-state index is -1.11. The van der Waals surface area contributed by atoms with Gasteiger partial charge < -0.3 is 15.3 Å². The van der Waals surface area contributed by atoms with Gasteiger partial charge in [-0.1, -0.05) is 12.1 Å². The number of hydrogen-bond donors (Lipinski definition) is 2. The highest BCUT2D eigenvalue weighted by molar-refractivity contribution is 5.93. The zero-order valence-electron chi connectivity index (χ0n) is 11.9. The molecule has 6 heteroatoms. The Bertz CT molecular complexity index is 674. The largest absolute Gasteiger partial charge is 0.475 e. The Labute approximate surface area is 122 Å². The van der Waals surface area contributed by atoms with E-state index in [0.717, 1.165) is 31.4 Å². The average Bonchev–Trinajstić information content (AvgIpc) is 2.90. The second-order valence-electron chi connectivity index (χ2n) is 5.52. The molecule has 2 aromatic rings. The van der Waals surface area contributed by atoms with E-state index in [1.807, 2.05) is 18.2 Å². The summed E-state index contributed by atoms with van der Waals surface area (Å²) in [5, 5.41) is 13.3. The van der Waals surface area contributed by atoms with Crippen molar-refractivity contribution in [1.82, 2.24) is 14.9 Å². The van der Waals surface area contributed by atoms with Gasteiger partial charge in [0, 0.05) is 18.5 Å². The van der Waals surface area contributed by atoms with Crippen LogP contribution in [0.15, 0.2) is 24.3 Å². The van der Waals surface area contributed by atoms with Gasteiger partial charge >= 0.3 is 5.97 Å². The van der Waals surface area contributed by atoms with Crippen LogP contribution in [0.4, 0.5) is 5.82 Å². The quantitative estimate of drug-likeness (QED) is 0.890. The highest BCUT2D eigenvalue weighted by Gasteiger charge is 2.20. The van der Waals surface area contributed by atoms with E-state index in [9.17, 15) is 4.79 Å². The molecular weight excluding hydrogens is 268 g/mol. The van der Waals surface area contributed by atoms with Crippen LogP contribution < -0.4 is 5.32 Å². The van der Waals surface area contributed by atoms with E-state index >= 15 is 0 Å². The Hall–Kier alpha value is -2.21. The molecule has 1 atom stereocenters. The van der Waals surface area contributed by atoms with E-state index in [1.165, 1.54) is 0 Å². The predicted octanol–water partition coefficient (Wildman–Crippen LogP) is 1.69. The molecule has 1 aliphatic rings. The van der Waals surface area contributed by atoms with Gasteiger partial charge in [-0.05, 0) is 38.1 Å². The highest BCUT2D eigenvalue weighted by atomic mass is 16.4. The number of nitrogens with zero attached hydrogens (tertiary/aromatic N) is 3. The first-order valence-electron chi connectivity index (χ1n) is 7.06. The van der Waals surface area contributed by atoms with Crippen molar-refractivity contribution in [2.75, 3.05) is 32.0 Å². The molecule has 3 rings (SSSR count). The lowest BCUT2D eigenvalue weighted by molar-refractivity contribution is 0.0684. The molecule has 0 radical (unpaired) electrons. The molecule has 2 N–H and O–H groups in total. The third kappa shape index (κ3) is 2.95. The van der Waals surface area contributed by atoms with Gasteiger partial charge in [0.2, 0.25) is 5.82 Å². The van der Waals surface area contributed by atoms with Crippen LogP contribution in [0.2, 0.25) is 0 Å². The zero-order valence-corrected chi connectivity index (χ0v) is 11.9. The van der Waals surface area contributed by atoms with Gasteiger partial charge in [-0.15, -0.1) is 0 Å². The van der Waals surface area contributed by atoms with E-state index in [2.05, 4.69) is 27.2 Å². The zero-order chi connectivity index (χ0) is 14.8. The van der Waals surface area contributed by atoms with E-state index < -0.39 is 5.97 Å². The SMILES string of the molecule is CN1CCC(CNc2nc(C(=O)O)nc3ccccc23)C1. The number of rotatable bonds is 4. The smallest absolute Gasteiger partial charge is 0.374 e. The van der Waals surface area contributed by atoms with Crippen molar-refractivity contribution in [2.45, 2.75) is 6.42 Å². The number of likely N-dealkylation sites (tertiary alicyclic amines) is 1. The van der Waals surface area contributed by atoms with Gasteiger partial charge in [-0.3, -0.25) is 0 Å². The second-order valence-corrected chi connectivity index (χ2v) is 5.52. The lowest BCUT2D eigenvalue weighted by atomic mass is 10.1. The topological polar surface area (TPSA) is 78.4 Å². The second kappa shape index (κ2) is 5.65. The van der Waals surface area contributed by atoms with Crippen molar-refractivity contribution >= 4 is 22.7 Å². The molecule has 110 valence electrons. The van der Waals surface area contributed by atoms with Gasteiger partial charge in [0.05, 0.1) is 5.52 Å². The number of para-hydroxylation sites is 1. The first-order chi connectivity index (χ1) is 10.1. The van der Waals surface area contributed by atoms with Crippen molar-refractivity contribution in [1.29, 1.82) is 0 Å². The predicted molar refractivity (Wildman–Crippen MR) is 80.6 cm³/mol. The molecular formula is C15H18N4O2. The molecule has 0 aliphatic carbocycles. The van der Waals surface area contributed by atoms with E-state index in [1.54, 1.807) is 6.07 Å². The van der Waals surface area contributed by atoms with E-state index in [4.69, 9.17) is 5.11 Å².